The van der Waals surface area contributed by atoms with Crippen molar-refractivity contribution in [3.63, 3.8) is 0 Å². The molecule has 2 unspecified atom stereocenters. The molecule has 4 nitrogen and oxygen atoms in total. The first-order valence-electron chi connectivity index (χ1n) is 5.68. The molecule has 1 fully saturated rings. The van der Waals surface area contributed by atoms with E-state index < -0.39 is 0 Å². The Balaban J connectivity index is 2.44. The van der Waals surface area contributed by atoms with Gasteiger partial charge in [-0.1, -0.05) is 6.92 Å². The van der Waals surface area contributed by atoms with Gasteiger partial charge in [0.15, 0.2) is 0 Å². The molecule has 0 saturated carbocycles. The molecule has 0 aromatic rings. The number of hydrogen-bond donors (Lipinski definition) is 1. The summed E-state index contributed by atoms with van der Waals surface area (Å²) >= 11 is 0. The maximum absolute atomic E-state index is 12.1. The maximum Gasteiger partial charge on any atom is 0.227 e. The van der Waals surface area contributed by atoms with E-state index in [2.05, 4.69) is 12.2 Å². The van der Waals surface area contributed by atoms with E-state index in [9.17, 15) is 4.79 Å². The lowest BCUT2D eigenvalue weighted by atomic mass is 9.97. The molecule has 1 rings (SSSR count). The van der Waals surface area contributed by atoms with Crippen molar-refractivity contribution in [2.24, 2.45) is 5.92 Å². The van der Waals surface area contributed by atoms with E-state index in [-0.39, 0.29) is 11.8 Å². The molecule has 1 saturated heterocycles. The number of amides is 1. The van der Waals surface area contributed by atoms with E-state index in [1.807, 2.05) is 7.05 Å². The standard InChI is InChI=1S/C11H22N2O2/c1-4-10-9(5-6-12-10)11(14)13(2)7-8-15-3/h9-10,12H,4-8H2,1-3H3. The Morgan fingerprint density at radius 3 is 2.93 bits per heavy atom. The number of carbonyl (C=O) groups is 1. The van der Waals surface area contributed by atoms with Crippen LogP contribution in [0.15, 0.2) is 0 Å². The van der Waals surface area contributed by atoms with Gasteiger partial charge in [-0.15, -0.1) is 0 Å². The summed E-state index contributed by atoms with van der Waals surface area (Å²) in [5, 5.41) is 3.37. The number of nitrogens with one attached hydrogen (secondary N) is 1. The molecule has 4 heteroatoms. The Hall–Kier alpha value is -0.610. The fraction of sp³-hybridized carbons (Fsp3) is 0.909. The van der Waals surface area contributed by atoms with Gasteiger partial charge in [-0.2, -0.15) is 0 Å². The molecular formula is C11H22N2O2. The Kier molecular flexibility index (Phi) is 5.05. The molecule has 1 aliphatic heterocycles. The van der Waals surface area contributed by atoms with Crippen LogP contribution in [0.3, 0.4) is 0 Å². The fourth-order valence-electron chi connectivity index (χ4n) is 2.11. The van der Waals surface area contributed by atoms with Gasteiger partial charge in [-0.3, -0.25) is 4.79 Å². The highest BCUT2D eigenvalue weighted by Crippen LogP contribution is 2.20. The van der Waals surface area contributed by atoms with Crippen molar-refractivity contribution in [1.82, 2.24) is 10.2 Å². The molecule has 1 aliphatic rings. The number of ether oxygens (including phenoxy) is 1. The Morgan fingerprint density at radius 2 is 2.33 bits per heavy atom. The predicted octanol–water partition coefficient (Wildman–Crippen LogP) is 0.479. The van der Waals surface area contributed by atoms with Crippen LogP contribution in [0.1, 0.15) is 19.8 Å². The van der Waals surface area contributed by atoms with E-state index in [4.69, 9.17) is 4.74 Å². The van der Waals surface area contributed by atoms with Crippen LogP contribution in [0.25, 0.3) is 0 Å². The molecule has 0 spiro atoms. The number of hydrogen-bond acceptors (Lipinski definition) is 3. The van der Waals surface area contributed by atoms with Crippen molar-refractivity contribution < 1.29 is 9.53 Å². The summed E-state index contributed by atoms with van der Waals surface area (Å²) in [6.45, 7) is 4.38. The van der Waals surface area contributed by atoms with Gasteiger partial charge in [0.2, 0.25) is 5.91 Å². The van der Waals surface area contributed by atoms with Gasteiger partial charge in [0.05, 0.1) is 12.5 Å². The highest BCUT2D eigenvalue weighted by molar-refractivity contribution is 5.79. The van der Waals surface area contributed by atoms with Crippen LogP contribution >= 0.6 is 0 Å². The summed E-state index contributed by atoms with van der Waals surface area (Å²) in [5.74, 6) is 0.417. The first-order valence-corrected chi connectivity index (χ1v) is 5.68. The van der Waals surface area contributed by atoms with Crippen molar-refractivity contribution in [2.45, 2.75) is 25.8 Å². The minimum Gasteiger partial charge on any atom is -0.383 e. The fourth-order valence-corrected chi connectivity index (χ4v) is 2.11. The van der Waals surface area contributed by atoms with Crippen LogP contribution < -0.4 is 5.32 Å². The lowest BCUT2D eigenvalue weighted by Crippen LogP contribution is -2.40. The summed E-state index contributed by atoms with van der Waals surface area (Å²) in [4.78, 5) is 13.8. The van der Waals surface area contributed by atoms with Crippen LogP contribution in [-0.4, -0.2) is 50.7 Å². The number of methoxy groups -OCH3 is 1. The highest BCUT2D eigenvalue weighted by atomic mass is 16.5. The largest absolute Gasteiger partial charge is 0.383 e. The molecule has 1 heterocycles. The zero-order valence-electron chi connectivity index (χ0n) is 9.95. The van der Waals surface area contributed by atoms with Gasteiger partial charge < -0.3 is 15.0 Å². The average molecular weight is 214 g/mol. The molecule has 1 amide bonds. The summed E-state index contributed by atoms with van der Waals surface area (Å²) in [6.07, 6.45) is 1.99. The third-order valence-electron chi connectivity index (χ3n) is 3.11. The van der Waals surface area contributed by atoms with Gasteiger partial charge in [0.1, 0.15) is 0 Å². The smallest absolute Gasteiger partial charge is 0.227 e. The third-order valence-corrected chi connectivity index (χ3v) is 3.11. The topological polar surface area (TPSA) is 41.6 Å². The van der Waals surface area contributed by atoms with Crippen LogP contribution in [-0.2, 0) is 9.53 Å². The van der Waals surface area contributed by atoms with Crippen LogP contribution in [0.4, 0.5) is 0 Å². The Labute approximate surface area is 92.0 Å². The van der Waals surface area contributed by atoms with Crippen molar-refractivity contribution in [2.75, 3.05) is 33.9 Å². The molecule has 0 aliphatic carbocycles. The molecule has 88 valence electrons. The monoisotopic (exact) mass is 214 g/mol. The lowest BCUT2D eigenvalue weighted by Gasteiger charge is -2.24. The second kappa shape index (κ2) is 6.08. The summed E-state index contributed by atoms with van der Waals surface area (Å²) in [6, 6.07) is 0.363. The maximum atomic E-state index is 12.1. The highest BCUT2D eigenvalue weighted by Gasteiger charge is 2.32. The molecule has 0 aromatic heterocycles. The van der Waals surface area contributed by atoms with Gasteiger partial charge in [-0.25, -0.2) is 0 Å². The first kappa shape index (κ1) is 12.5. The number of carbonyl (C=O) groups excluding carboxylic acids is 1. The molecule has 0 aromatic carbocycles. The van der Waals surface area contributed by atoms with Crippen molar-refractivity contribution in [3.8, 4) is 0 Å². The van der Waals surface area contributed by atoms with E-state index >= 15 is 0 Å². The minimum absolute atomic E-state index is 0.164. The van der Waals surface area contributed by atoms with Gasteiger partial charge in [0, 0.05) is 26.7 Å². The van der Waals surface area contributed by atoms with E-state index in [1.165, 1.54) is 0 Å². The average Bonchev–Trinajstić information content (AvgIpc) is 2.72. The predicted molar refractivity (Wildman–Crippen MR) is 59.7 cm³/mol. The van der Waals surface area contributed by atoms with E-state index in [0.717, 1.165) is 19.4 Å². The lowest BCUT2D eigenvalue weighted by molar-refractivity contribution is -0.135. The van der Waals surface area contributed by atoms with Gasteiger partial charge in [0.25, 0.3) is 0 Å². The van der Waals surface area contributed by atoms with Crippen LogP contribution in [0, 0.1) is 5.92 Å². The van der Waals surface area contributed by atoms with Crippen molar-refractivity contribution in [1.29, 1.82) is 0 Å². The normalized spacial score (nSPS) is 25.5. The first-order chi connectivity index (χ1) is 7.20. The quantitative estimate of drug-likeness (QED) is 0.724. The van der Waals surface area contributed by atoms with Crippen molar-refractivity contribution in [3.05, 3.63) is 0 Å². The van der Waals surface area contributed by atoms with Gasteiger partial charge >= 0.3 is 0 Å². The molecule has 2 atom stereocenters. The van der Waals surface area contributed by atoms with Crippen LogP contribution in [0.2, 0.25) is 0 Å². The molecule has 0 radical (unpaired) electrons. The minimum atomic E-state index is 0.164. The van der Waals surface area contributed by atoms with Crippen LogP contribution in [0.5, 0.6) is 0 Å². The van der Waals surface area contributed by atoms with E-state index in [0.29, 0.717) is 19.2 Å². The molecule has 15 heavy (non-hydrogen) atoms. The Bertz CT molecular complexity index is 209. The second-order valence-electron chi connectivity index (χ2n) is 4.12. The molecule has 1 N–H and O–H groups in total. The zero-order valence-corrected chi connectivity index (χ0v) is 9.95. The number of nitrogens with zero attached hydrogens (tertiary/aromatic N) is 1. The third kappa shape index (κ3) is 3.18. The Morgan fingerprint density at radius 1 is 1.60 bits per heavy atom. The number of likely N-dealkylation sites (N-methyl/N-ethyl adjacent to an activating group) is 1. The number of rotatable bonds is 5. The SMILES string of the molecule is CCC1NCCC1C(=O)N(C)CCOC. The second-order valence-corrected chi connectivity index (χ2v) is 4.12. The summed E-state index contributed by atoms with van der Waals surface area (Å²) < 4.78 is 4.97. The van der Waals surface area contributed by atoms with Crippen molar-refractivity contribution >= 4 is 5.91 Å². The zero-order chi connectivity index (χ0) is 11.3. The summed E-state index contributed by atoms with van der Waals surface area (Å²) in [5.41, 5.74) is 0. The molecule has 0 bridgehead atoms. The van der Waals surface area contributed by atoms with E-state index in [1.54, 1.807) is 12.0 Å². The summed E-state index contributed by atoms with van der Waals surface area (Å²) in [7, 11) is 3.51. The van der Waals surface area contributed by atoms with Gasteiger partial charge in [-0.05, 0) is 19.4 Å². The molecular weight excluding hydrogens is 192 g/mol.